The van der Waals surface area contributed by atoms with Crippen LogP contribution in [0.2, 0.25) is 0 Å². The van der Waals surface area contributed by atoms with E-state index in [0.29, 0.717) is 16.1 Å². The highest BCUT2D eigenvalue weighted by molar-refractivity contribution is 8.00. The molecule has 0 unspecified atom stereocenters. The lowest BCUT2D eigenvalue weighted by atomic mass is 10.2. The van der Waals surface area contributed by atoms with Crippen molar-refractivity contribution in [2.24, 2.45) is 0 Å². The maximum absolute atomic E-state index is 12.6. The van der Waals surface area contributed by atoms with E-state index in [1.165, 1.54) is 36.0 Å². The van der Waals surface area contributed by atoms with Crippen molar-refractivity contribution in [1.29, 1.82) is 0 Å². The zero-order chi connectivity index (χ0) is 19.9. The van der Waals surface area contributed by atoms with E-state index < -0.39 is 6.61 Å². The Morgan fingerprint density at radius 2 is 1.75 bits per heavy atom. The van der Waals surface area contributed by atoms with Crippen molar-refractivity contribution in [2.45, 2.75) is 24.3 Å². The number of ether oxygens (including phenoxy) is 1. The Morgan fingerprint density at radius 3 is 2.43 bits per heavy atom. The lowest BCUT2D eigenvalue weighted by Crippen LogP contribution is -2.29. The second kappa shape index (κ2) is 9.54. The minimum atomic E-state index is -2.90. The quantitative estimate of drug-likeness (QED) is 0.699. The molecule has 2 amide bonds. The number of nitrogens with zero attached hydrogens (tertiary/aromatic N) is 1. The summed E-state index contributed by atoms with van der Waals surface area (Å²) in [5, 5.41) is 2.73. The molecule has 1 fully saturated rings. The molecular formula is C20H20F2N2O3S. The monoisotopic (exact) mass is 406 g/mol. The van der Waals surface area contributed by atoms with E-state index in [-0.39, 0.29) is 23.3 Å². The Labute approximate surface area is 166 Å². The van der Waals surface area contributed by atoms with E-state index in [1.54, 1.807) is 18.2 Å². The first kappa shape index (κ1) is 20.1. The molecule has 0 spiro atoms. The Balaban J connectivity index is 1.62. The molecule has 1 N–H and O–H groups in total. The normalized spacial score (nSPS) is 13.6. The number of amides is 2. The SMILES string of the molecule is O=C(Nc1ccc(OC(F)F)cc1)c1ccccc1SCC(=O)N1CCCC1. The molecule has 8 heteroatoms. The van der Waals surface area contributed by atoms with Gasteiger partial charge in [0, 0.05) is 23.7 Å². The largest absolute Gasteiger partial charge is 0.435 e. The Hall–Kier alpha value is -2.61. The minimum Gasteiger partial charge on any atom is -0.435 e. The van der Waals surface area contributed by atoms with Gasteiger partial charge in [-0.15, -0.1) is 11.8 Å². The third-order valence-electron chi connectivity index (χ3n) is 4.28. The number of carbonyl (C=O) groups excluding carboxylic acids is 2. The fourth-order valence-corrected chi connectivity index (χ4v) is 3.85. The standard InChI is InChI=1S/C20H20F2N2O3S/c21-20(22)27-15-9-7-14(8-10-15)23-19(26)16-5-1-2-6-17(16)28-13-18(25)24-11-3-4-12-24/h1-2,5-10,20H,3-4,11-13H2,(H,23,26). The third kappa shape index (κ3) is 5.45. The predicted molar refractivity (Wildman–Crippen MR) is 104 cm³/mol. The van der Waals surface area contributed by atoms with Crippen LogP contribution in [-0.2, 0) is 4.79 Å². The summed E-state index contributed by atoms with van der Waals surface area (Å²) in [5.41, 5.74) is 0.911. The molecule has 0 saturated carbocycles. The van der Waals surface area contributed by atoms with E-state index in [2.05, 4.69) is 10.1 Å². The highest BCUT2D eigenvalue weighted by Crippen LogP contribution is 2.25. The second-order valence-electron chi connectivity index (χ2n) is 6.23. The molecule has 0 bridgehead atoms. The number of rotatable bonds is 7. The summed E-state index contributed by atoms with van der Waals surface area (Å²) in [6.07, 6.45) is 2.08. The first-order valence-electron chi connectivity index (χ1n) is 8.89. The predicted octanol–water partition coefficient (Wildman–Crippen LogP) is 4.25. The number of carbonyl (C=O) groups is 2. The van der Waals surface area contributed by atoms with Crippen LogP contribution < -0.4 is 10.1 Å². The zero-order valence-electron chi connectivity index (χ0n) is 15.1. The van der Waals surface area contributed by atoms with Crippen LogP contribution >= 0.6 is 11.8 Å². The van der Waals surface area contributed by atoms with E-state index in [1.807, 2.05) is 11.0 Å². The molecule has 1 aliphatic rings. The van der Waals surface area contributed by atoms with Crippen LogP contribution in [0.1, 0.15) is 23.2 Å². The first-order chi connectivity index (χ1) is 13.5. The molecule has 5 nitrogen and oxygen atoms in total. The number of anilines is 1. The van der Waals surface area contributed by atoms with Gasteiger partial charge in [0.15, 0.2) is 0 Å². The topological polar surface area (TPSA) is 58.6 Å². The fourth-order valence-electron chi connectivity index (χ4n) is 2.90. The molecule has 0 radical (unpaired) electrons. The van der Waals surface area contributed by atoms with Crippen LogP contribution in [0.25, 0.3) is 0 Å². The van der Waals surface area contributed by atoms with Gasteiger partial charge in [-0.25, -0.2) is 0 Å². The number of thioether (sulfide) groups is 1. The van der Waals surface area contributed by atoms with E-state index in [4.69, 9.17) is 0 Å². The number of likely N-dealkylation sites (tertiary alicyclic amines) is 1. The molecule has 1 heterocycles. The molecule has 3 rings (SSSR count). The summed E-state index contributed by atoms with van der Waals surface area (Å²) >= 11 is 1.33. The molecule has 2 aromatic carbocycles. The molecule has 0 aromatic heterocycles. The number of alkyl halides is 2. The van der Waals surface area contributed by atoms with E-state index >= 15 is 0 Å². The Kier molecular flexibility index (Phi) is 6.86. The maximum atomic E-state index is 12.6. The molecule has 2 aromatic rings. The van der Waals surface area contributed by atoms with Crippen LogP contribution in [-0.4, -0.2) is 42.2 Å². The van der Waals surface area contributed by atoms with Gasteiger partial charge in [0.05, 0.1) is 11.3 Å². The van der Waals surface area contributed by atoms with Gasteiger partial charge in [-0.3, -0.25) is 9.59 Å². The highest BCUT2D eigenvalue weighted by atomic mass is 32.2. The van der Waals surface area contributed by atoms with Crippen LogP contribution in [0.15, 0.2) is 53.4 Å². The fraction of sp³-hybridized carbons (Fsp3) is 0.300. The van der Waals surface area contributed by atoms with Crippen molar-refractivity contribution in [2.75, 3.05) is 24.2 Å². The lowest BCUT2D eigenvalue weighted by molar-refractivity contribution is -0.127. The number of benzene rings is 2. The average Bonchev–Trinajstić information content (AvgIpc) is 3.22. The number of hydrogen-bond acceptors (Lipinski definition) is 4. The molecule has 28 heavy (non-hydrogen) atoms. The van der Waals surface area contributed by atoms with Crippen LogP contribution in [0.5, 0.6) is 5.75 Å². The third-order valence-corrected chi connectivity index (χ3v) is 5.34. The van der Waals surface area contributed by atoms with Crippen molar-refractivity contribution in [1.82, 2.24) is 4.90 Å². The van der Waals surface area contributed by atoms with Crippen molar-refractivity contribution in [3.8, 4) is 5.75 Å². The van der Waals surface area contributed by atoms with Gasteiger partial charge in [0.2, 0.25) is 5.91 Å². The highest BCUT2D eigenvalue weighted by Gasteiger charge is 2.19. The van der Waals surface area contributed by atoms with Gasteiger partial charge < -0.3 is 15.0 Å². The summed E-state index contributed by atoms with van der Waals surface area (Å²) in [7, 11) is 0. The van der Waals surface area contributed by atoms with Crippen LogP contribution in [0.3, 0.4) is 0 Å². The first-order valence-corrected chi connectivity index (χ1v) is 9.87. The van der Waals surface area contributed by atoms with Gasteiger partial charge >= 0.3 is 6.61 Å². The summed E-state index contributed by atoms with van der Waals surface area (Å²) in [6, 6.07) is 12.7. The number of hydrogen-bond donors (Lipinski definition) is 1. The minimum absolute atomic E-state index is 0.0179. The lowest BCUT2D eigenvalue weighted by Gasteiger charge is -2.15. The summed E-state index contributed by atoms with van der Waals surface area (Å²) < 4.78 is 28.7. The van der Waals surface area contributed by atoms with Crippen LogP contribution in [0.4, 0.5) is 14.5 Å². The smallest absolute Gasteiger partial charge is 0.387 e. The van der Waals surface area contributed by atoms with Crippen molar-refractivity contribution in [3.63, 3.8) is 0 Å². The van der Waals surface area contributed by atoms with Gasteiger partial charge in [-0.05, 0) is 49.2 Å². The molecule has 1 aliphatic heterocycles. The van der Waals surface area contributed by atoms with Crippen molar-refractivity contribution < 1.29 is 23.1 Å². The van der Waals surface area contributed by atoms with Gasteiger partial charge in [0.1, 0.15) is 5.75 Å². The number of halogens is 2. The van der Waals surface area contributed by atoms with Crippen molar-refractivity contribution in [3.05, 3.63) is 54.1 Å². The van der Waals surface area contributed by atoms with Crippen molar-refractivity contribution >= 4 is 29.3 Å². The number of nitrogens with one attached hydrogen (secondary N) is 1. The van der Waals surface area contributed by atoms with E-state index in [0.717, 1.165) is 25.9 Å². The summed E-state index contributed by atoms with van der Waals surface area (Å²) in [5.74, 6) is 0.0419. The van der Waals surface area contributed by atoms with Gasteiger partial charge in [0.25, 0.3) is 5.91 Å². The Morgan fingerprint density at radius 1 is 1.07 bits per heavy atom. The van der Waals surface area contributed by atoms with Gasteiger partial charge in [-0.1, -0.05) is 12.1 Å². The van der Waals surface area contributed by atoms with Crippen LogP contribution in [0, 0.1) is 0 Å². The molecule has 0 aliphatic carbocycles. The summed E-state index contributed by atoms with van der Waals surface area (Å²) in [4.78, 5) is 27.4. The molecule has 148 valence electrons. The second-order valence-corrected chi connectivity index (χ2v) is 7.25. The molecular weight excluding hydrogens is 386 g/mol. The van der Waals surface area contributed by atoms with Gasteiger partial charge in [-0.2, -0.15) is 8.78 Å². The molecule has 1 saturated heterocycles. The summed E-state index contributed by atoms with van der Waals surface area (Å²) in [6.45, 7) is -1.30. The Bertz CT molecular complexity index is 824. The average molecular weight is 406 g/mol. The zero-order valence-corrected chi connectivity index (χ0v) is 15.9. The van der Waals surface area contributed by atoms with E-state index in [9.17, 15) is 18.4 Å². The maximum Gasteiger partial charge on any atom is 0.387 e. The molecule has 0 atom stereocenters.